The average molecular weight is 317 g/mol. The van der Waals surface area contributed by atoms with E-state index in [0.29, 0.717) is 18.2 Å². The molecule has 0 fully saturated rings. The molecule has 0 amide bonds. The first kappa shape index (κ1) is 15.4. The van der Waals surface area contributed by atoms with Gasteiger partial charge in [-0.05, 0) is 6.07 Å². The Labute approximate surface area is 120 Å². The van der Waals surface area contributed by atoms with E-state index in [1.54, 1.807) is 0 Å². The Morgan fingerprint density at radius 3 is 2.67 bits per heavy atom. The van der Waals surface area contributed by atoms with Gasteiger partial charge in [0.2, 0.25) is 15.9 Å². The summed E-state index contributed by atoms with van der Waals surface area (Å²) in [6.45, 7) is 1.60. The third kappa shape index (κ3) is 3.37. The van der Waals surface area contributed by atoms with Crippen molar-refractivity contribution in [2.75, 3.05) is 5.73 Å². The Bertz CT molecular complexity index is 759. The second kappa shape index (κ2) is 5.78. The van der Waals surface area contributed by atoms with Crippen molar-refractivity contribution in [3.8, 4) is 0 Å². The molecule has 114 valence electrons. The molecule has 2 rings (SSSR count). The minimum Gasteiger partial charge on any atom is -0.444 e. The van der Waals surface area contributed by atoms with Crippen molar-refractivity contribution in [3.63, 3.8) is 0 Å². The summed E-state index contributed by atoms with van der Waals surface area (Å²) in [7, 11) is -4.20. The molecule has 1 aromatic carbocycles. The smallest absolute Gasteiger partial charge is 0.244 e. The molecular weight excluding hydrogens is 304 g/mol. The van der Waals surface area contributed by atoms with E-state index in [1.165, 1.54) is 6.20 Å². The lowest BCUT2D eigenvalue weighted by molar-refractivity contribution is 0.451. The molecule has 0 unspecified atom stereocenters. The van der Waals surface area contributed by atoms with E-state index in [1.807, 2.05) is 6.92 Å². The maximum atomic E-state index is 13.6. The molecule has 0 aliphatic rings. The average Bonchev–Trinajstić information content (AvgIpc) is 2.88. The molecule has 0 radical (unpaired) electrons. The summed E-state index contributed by atoms with van der Waals surface area (Å²) in [4.78, 5) is 3.13. The minimum atomic E-state index is -4.20. The topological polar surface area (TPSA) is 98.2 Å². The van der Waals surface area contributed by atoms with Crippen LogP contribution < -0.4 is 10.5 Å². The summed E-state index contributed by atoms with van der Waals surface area (Å²) in [5.41, 5.74) is 4.79. The van der Waals surface area contributed by atoms with Crippen molar-refractivity contribution < 1.29 is 21.6 Å². The molecule has 0 bridgehead atoms. The van der Waals surface area contributed by atoms with Crippen LogP contribution in [0.3, 0.4) is 0 Å². The van der Waals surface area contributed by atoms with Gasteiger partial charge in [0.05, 0.1) is 18.4 Å². The van der Waals surface area contributed by atoms with Crippen LogP contribution in [0.15, 0.2) is 27.6 Å². The van der Waals surface area contributed by atoms with Crippen molar-refractivity contribution in [2.45, 2.75) is 24.8 Å². The molecule has 2 aromatic rings. The predicted octanol–water partition coefficient (Wildman–Crippen LogP) is 1.58. The van der Waals surface area contributed by atoms with Crippen LogP contribution in [0.25, 0.3) is 0 Å². The number of hydrogen-bond donors (Lipinski definition) is 2. The fraction of sp³-hybridized carbons (Fsp3) is 0.250. The zero-order valence-corrected chi connectivity index (χ0v) is 11.9. The molecule has 6 nitrogen and oxygen atoms in total. The molecule has 0 spiro atoms. The van der Waals surface area contributed by atoms with Crippen LogP contribution in [0.1, 0.15) is 18.6 Å². The number of anilines is 1. The highest BCUT2D eigenvalue weighted by atomic mass is 32.2. The molecule has 21 heavy (non-hydrogen) atoms. The van der Waals surface area contributed by atoms with E-state index in [-0.39, 0.29) is 12.4 Å². The highest BCUT2D eigenvalue weighted by Gasteiger charge is 2.21. The summed E-state index contributed by atoms with van der Waals surface area (Å²) in [6, 6.07) is 1.14. The lowest BCUT2D eigenvalue weighted by Gasteiger charge is -2.07. The Morgan fingerprint density at radius 1 is 1.33 bits per heavy atom. The maximum Gasteiger partial charge on any atom is 0.244 e. The van der Waals surface area contributed by atoms with Gasteiger partial charge >= 0.3 is 0 Å². The first-order chi connectivity index (χ1) is 9.83. The number of hydrogen-bond acceptors (Lipinski definition) is 5. The summed E-state index contributed by atoms with van der Waals surface area (Å²) < 4.78 is 57.9. The van der Waals surface area contributed by atoms with Crippen LogP contribution in [0.2, 0.25) is 0 Å². The van der Waals surface area contributed by atoms with Crippen molar-refractivity contribution in [2.24, 2.45) is 0 Å². The lowest BCUT2D eigenvalue weighted by atomic mass is 10.3. The maximum absolute atomic E-state index is 13.6. The van der Waals surface area contributed by atoms with Gasteiger partial charge in [-0.3, -0.25) is 0 Å². The summed E-state index contributed by atoms with van der Waals surface area (Å²) in [6.07, 6.45) is 2.09. The highest BCUT2D eigenvalue weighted by molar-refractivity contribution is 7.89. The Kier molecular flexibility index (Phi) is 4.24. The van der Waals surface area contributed by atoms with E-state index in [2.05, 4.69) is 9.71 Å². The van der Waals surface area contributed by atoms with Gasteiger partial charge in [0, 0.05) is 12.5 Å². The van der Waals surface area contributed by atoms with Crippen molar-refractivity contribution in [1.29, 1.82) is 0 Å². The van der Waals surface area contributed by atoms with Crippen LogP contribution in [0, 0.1) is 11.6 Å². The number of halogens is 2. The number of nitrogen functional groups attached to an aromatic ring is 1. The molecule has 0 atom stereocenters. The first-order valence-corrected chi connectivity index (χ1v) is 7.49. The Morgan fingerprint density at radius 2 is 2.05 bits per heavy atom. The third-order valence-corrected chi connectivity index (χ3v) is 4.12. The van der Waals surface area contributed by atoms with Gasteiger partial charge in [-0.15, -0.1) is 0 Å². The molecular formula is C12H13F2N3O3S. The van der Waals surface area contributed by atoms with Crippen LogP contribution >= 0.6 is 0 Å². The molecule has 0 saturated carbocycles. The molecule has 9 heteroatoms. The fourth-order valence-electron chi connectivity index (χ4n) is 1.58. The second-order valence-electron chi connectivity index (χ2n) is 4.20. The number of sulfonamides is 1. The Hall–Kier alpha value is -2.00. The molecule has 0 saturated heterocycles. The van der Waals surface area contributed by atoms with Crippen LogP contribution in [0.5, 0.6) is 0 Å². The van der Waals surface area contributed by atoms with Crippen LogP contribution in [0.4, 0.5) is 14.5 Å². The zero-order chi connectivity index (χ0) is 15.6. The van der Waals surface area contributed by atoms with Gasteiger partial charge in [-0.2, -0.15) is 0 Å². The standard InChI is InChI=1S/C12H13F2N3O3S/c1-2-7-5-16-12(20-7)6-17-21(18,19)11-4-10(15)8(13)3-9(11)14/h3-5,17H,2,6,15H2,1H3. The van der Waals surface area contributed by atoms with E-state index >= 15 is 0 Å². The van der Waals surface area contributed by atoms with Gasteiger partial charge in [-0.25, -0.2) is 26.9 Å². The number of oxazole rings is 1. The summed E-state index contributed by atoms with van der Waals surface area (Å²) in [5, 5.41) is 0. The van der Waals surface area contributed by atoms with Crippen LogP contribution in [-0.2, 0) is 23.0 Å². The Balaban J connectivity index is 2.20. The quantitative estimate of drug-likeness (QED) is 0.816. The van der Waals surface area contributed by atoms with Gasteiger partial charge in [0.15, 0.2) is 0 Å². The van der Waals surface area contributed by atoms with Crippen molar-refractivity contribution in [1.82, 2.24) is 9.71 Å². The van der Waals surface area contributed by atoms with Gasteiger partial charge in [0.25, 0.3) is 0 Å². The monoisotopic (exact) mass is 317 g/mol. The first-order valence-electron chi connectivity index (χ1n) is 6.01. The SMILES string of the molecule is CCc1cnc(CNS(=O)(=O)c2cc(N)c(F)cc2F)o1. The molecule has 0 aliphatic heterocycles. The number of benzene rings is 1. The number of aromatic nitrogens is 1. The summed E-state index contributed by atoms with van der Waals surface area (Å²) >= 11 is 0. The molecule has 1 heterocycles. The lowest BCUT2D eigenvalue weighted by Crippen LogP contribution is -2.24. The number of aryl methyl sites for hydroxylation is 1. The summed E-state index contributed by atoms with van der Waals surface area (Å²) in [5.74, 6) is -1.50. The minimum absolute atomic E-state index is 0.144. The third-order valence-electron chi connectivity index (χ3n) is 2.70. The molecule has 1 aromatic heterocycles. The number of nitrogens with two attached hydrogens (primary N) is 1. The zero-order valence-electron chi connectivity index (χ0n) is 11.1. The second-order valence-corrected chi connectivity index (χ2v) is 5.94. The highest BCUT2D eigenvalue weighted by Crippen LogP contribution is 2.21. The number of rotatable bonds is 5. The van der Waals surface area contributed by atoms with Crippen LogP contribution in [-0.4, -0.2) is 13.4 Å². The predicted molar refractivity (Wildman–Crippen MR) is 70.7 cm³/mol. The van der Waals surface area contributed by atoms with Crippen molar-refractivity contribution in [3.05, 3.63) is 41.6 Å². The van der Waals surface area contributed by atoms with E-state index < -0.39 is 32.2 Å². The molecule has 0 aliphatic carbocycles. The number of nitrogens with one attached hydrogen (secondary N) is 1. The fourth-order valence-corrected chi connectivity index (χ4v) is 2.65. The van der Waals surface area contributed by atoms with Crippen molar-refractivity contribution >= 4 is 15.7 Å². The van der Waals surface area contributed by atoms with E-state index in [9.17, 15) is 17.2 Å². The largest absolute Gasteiger partial charge is 0.444 e. The normalized spacial score (nSPS) is 11.8. The van der Waals surface area contributed by atoms with E-state index in [0.717, 1.165) is 6.07 Å². The van der Waals surface area contributed by atoms with Gasteiger partial charge in [0.1, 0.15) is 22.3 Å². The van der Waals surface area contributed by atoms with Gasteiger partial charge < -0.3 is 10.2 Å². The van der Waals surface area contributed by atoms with E-state index in [4.69, 9.17) is 10.2 Å². The number of nitrogens with zero attached hydrogens (tertiary/aromatic N) is 1. The van der Waals surface area contributed by atoms with Gasteiger partial charge in [-0.1, -0.05) is 6.92 Å². The molecule has 3 N–H and O–H groups in total.